The van der Waals surface area contributed by atoms with Gasteiger partial charge in [0.15, 0.2) is 0 Å². The van der Waals surface area contributed by atoms with Crippen LogP contribution < -0.4 is 17.3 Å². The lowest BCUT2D eigenvalue weighted by Crippen LogP contribution is -2.46. The molecule has 0 radical (unpaired) electrons. The zero-order valence-corrected chi connectivity index (χ0v) is 5.77. The van der Waals surface area contributed by atoms with E-state index < -0.39 is 12.1 Å². The van der Waals surface area contributed by atoms with Crippen molar-refractivity contribution in [2.24, 2.45) is 22.3 Å². The fourth-order valence-electron chi connectivity index (χ4n) is 0.730. The molecule has 6 N–H and O–H groups in total. The minimum absolute atomic E-state index is 0.394. The first kappa shape index (κ1) is 7.55. The Kier molecular flexibility index (Phi) is 1.77. The summed E-state index contributed by atoms with van der Waals surface area (Å²) in [6.45, 7) is 0. The smallest absolute Gasteiger partial charge is 0.264 e. The van der Waals surface area contributed by atoms with Crippen LogP contribution in [0.3, 0.4) is 0 Å². The summed E-state index contributed by atoms with van der Waals surface area (Å²) in [4.78, 5) is 14.3. The summed E-state index contributed by atoms with van der Waals surface area (Å²) < 4.78 is 0. The molecular weight excluding hydrogens is 146 g/mol. The molecule has 0 spiro atoms. The number of hydrogen-bond donors (Lipinski definition) is 3. The lowest BCUT2D eigenvalue weighted by molar-refractivity contribution is -0.122. The van der Waals surface area contributed by atoms with Crippen LogP contribution in [0, 0.1) is 0 Å². The highest BCUT2D eigenvalue weighted by Crippen LogP contribution is 2.01. The molecule has 0 saturated heterocycles. The lowest BCUT2D eigenvalue weighted by atomic mass is 10.4. The molecule has 0 aromatic carbocycles. The van der Waals surface area contributed by atoms with Crippen molar-refractivity contribution in [2.45, 2.75) is 6.17 Å². The van der Waals surface area contributed by atoms with Crippen molar-refractivity contribution in [3.05, 3.63) is 11.9 Å². The van der Waals surface area contributed by atoms with Crippen molar-refractivity contribution in [1.29, 1.82) is 0 Å². The highest BCUT2D eigenvalue weighted by atomic mass is 16.1. The van der Waals surface area contributed by atoms with E-state index in [1.807, 2.05) is 0 Å². The van der Waals surface area contributed by atoms with Crippen LogP contribution in [-0.4, -0.2) is 23.3 Å². The number of carbonyl (C=O) groups excluding carboxylic acids is 1. The summed E-state index contributed by atoms with van der Waals surface area (Å²) >= 11 is 0. The normalized spacial score (nSPS) is 23.2. The number of allylic oxidation sites excluding steroid dienone is 1. The minimum Gasteiger partial charge on any atom is -0.396 e. The van der Waals surface area contributed by atoms with Gasteiger partial charge in [0.1, 0.15) is 0 Å². The van der Waals surface area contributed by atoms with Gasteiger partial charge in [-0.2, -0.15) is 0 Å². The molecule has 0 aromatic heterocycles. The van der Waals surface area contributed by atoms with E-state index in [2.05, 4.69) is 4.99 Å². The second-order valence-electron chi connectivity index (χ2n) is 2.13. The molecule has 0 aliphatic carbocycles. The minimum atomic E-state index is -0.831. The van der Waals surface area contributed by atoms with E-state index in [0.717, 1.165) is 5.01 Å². The van der Waals surface area contributed by atoms with Gasteiger partial charge in [-0.15, -0.1) is 0 Å². The van der Waals surface area contributed by atoms with Crippen molar-refractivity contribution in [3.8, 4) is 0 Å². The zero-order chi connectivity index (χ0) is 8.43. The second kappa shape index (κ2) is 2.59. The number of rotatable bonds is 1. The fourth-order valence-corrected chi connectivity index (χ4v) is 0.730. The quantitative estimate of drug-likeness (QED) is 0.375. The number of hydrogen-bond acceptors (Lipinski definition) is 5. The van der Waals surface area contributed by atoms with Gasteiger partial charge in [-0.05, 0) is 0 Å². The summed E-state index contributed by atoms with van der Waals surface area (Å²) in [7, 11) is 0. The number of primary amides is 1. The molecule has 11 heavy (non-hydrogen) atoms. The second-order valence-corrected chi connectivity index (χ2v) is 2.13. The number of hydrazine groups is 1. The number of carbonyl (C=O) groups is 1. The predicted molar refractivity (Wildman–Crippen MR) is 39.8 cm³/mol. The third kappa shape index (κ3) is 1.47. The molecule has 1 atom stereocenters. The Bertz CT molecular complexity index is 233. The van der Waals surface area contributed by atoms with Gasteiger partial charge < -0.3 is 11.5 Å². The number of amides is 1. The van der Waals surface area contributed by atoms with E-state index in [4.69, 9.17) is 17.3 Å². The molecule has 0 saturated carbocycles. The molecule has 6 nitrogen and oxygen atoms in total. The topological polar surface area (TPSA) is 111 Å². The highest BCUT2D eigenvalue weighted by molar-refractivity contribution is 5.86. The summed E-state index contributed by atoms with van der Waals surface area (Å²) in [6, 6.07) is 0. The molecule has 6 heteroatoms. The molecule has 0 aromatic rings. The first-order valence-corrected chi connectivity index (χ1v) is 2.94. The molecular formula is C5H9N5O. The molecule has 1 heterocycles. The van der Waals surface area contributed by atoms with E-state index >= 15 is 0 Å². The van der Waals surface area contributed by atoms with Crippen LogP contribution in [0.15, 0.2) is 16.9 Å². The van der Waals surface area contributed by atoms with Crippen LogP contribution in [0.5, 0.6) is 0 Å². The summed E-state index contributed by atoms with van der Waals surface area (Å²) in [5.74, 6) is 4.73. The van der Waals surface area contributed by atoms with Gasteiger partial charge in [-0.1, -0.05) is 0 Å². The van der Waals surface area contributed by atoms with Gasteiger partial charge in [-0.3, -0.25) is 14.8 Å². The molecule has 1 rings (SSSR count). The van der Waals surface area contributed by atoms with Crippen molar-refractivity contribution in [1.82, 2.24) is 5.01 Å². The Morgan fingerprint density at radius 1 is 1.73 bits per heavy atom. The van der Waals surface area contributed by atoms with Crippen LogP contribution in [0.1, 0.15) is 0 Å². The largest absolute Gasteiger partial charge is 0.396 e. The number of nitrogens with zero attached hydrogens (tertiary/aromatic N) is 2. The van der Waals surface area contributed by atoms with Gasteiger partial charge >= 0.3 is 0 Å². The SMILES string of the molecule is NC(=O)C1N=CC(N)=CN1N. The van der Waals surface area contributed by atoms with Gasteiger partial charge in [0.25, 0.3) is 5.91 Å². The van der Waals surface area contributed by atoms with E-state index in [1.165, 1.54) is 12.4 Å². The maximum absolute atomic E-state index is 10.6. The van der Waals surface area contributed by atoms with Crippen LogP contribution in [0.2, 0.25) is 0 Å². The Labute approximate surface area is 63.3 Å². The predicted octanol–water partition coefficient (Wildman–Crippen LogP) is -2.14. The van der Waals surface area contributed by atoms with Crippen LogP contribution in [-0.2, 0) is 4.79 Å². The van der Waals surface area contributed by atoms with E-state index in [1.54, 1.807) is 0 Å². The van der Waals surface area contributed by atoms with Gasteiger partial charge in [0.05, 0.1) is 5.70 Å². The third-order valence-electron chi connectivity index (χ3n) is 1.20. The van der Waals surface area contributed by atoms with Crippen molar-refractivity contribution in [2.75, 3.05) is 0 Å². The average Bonchev–Trinajstić information content (AvgIpc) is 1.85. The summed E-state index contributed by atoms with van der Waals surface area (Å²) in [5.41, 5.74) is 10.7. The monoisotopic (exact) mass is 155 g/mol. The molecule has 1 aliphatic heterocycles. The van der Waals surface area contributed by atoms with E-state index in [0.29, 0.717) is 5.70 Å². The van der Waals surface area contributed by atoms with Crippen LogP contribution >= 0.6 is 0 Å². The third-order valence-corrected chi connectivity index (χ3v) is 1.20. The van der Waals surface area contributed by atoms with Gasteiger partial charge in [0, 0.05) is 12.4 Å². The standard InChI is InChI=1S/C5H9N5O/c6-3-1-9-5(4(7)11)10(8)2-3/h1-2,5H,6,8H2,(H2,7,11). The van der Waals surface area contributed by atoms with Crippen molar-refractivity contribution >= 4 is 12.1 Å². The lowest BCUT2D eigenvalue weighted by Gasteiger charge is -2.22. The van der Waals surface area contributed by atoms with E-state index in [-0.39, 0.29) is 0 Å². The Balaban J connectivity index is 2.77. The van der Waals surface area contributed by atoms with Crippen LogP contribution in [0.4, 0.5) is 0 Å². The van der Waals surface area contributed by atoms with Gasteiger partial charge in [-0.25, -0.2) is 5.84 Å². The fraction of sp³-hybridized carbons (Fsp3) is 0.200. The maximum Gasteiger partial charge on any atom is 0.264 e. The summed E-state index contributed by atoms with van der Waals surface area (Å²) in [6.07, 6.45) is 1.91. The van der Waals surface area contributed by atoms with Gasteiger partial charge in [0.2, 0.25) is 6.17 Å². The van der Waals surface area contributed by atoms with E-state index in [9.17, 15) is 4.79 Å². The molecule has 0 bridgehead atoms. The number of nitrogens with two attached hydrogens (primary N) is 3. The molecule has 1 aliphatic rings. The maximum atomic E-state index is 10.6. The first-order chi connectivity index (χ1) is 5.11. The molecule has 0 fully saturated rings. The summed E-state index contributed by atoms with van der Waals surface area (Å²) in [5, 5.41) is 1.07. The molecule has 60 valence electrons. The average molecular weight is 155 g/mol. The number of aliphatic imine (C=N–C) groups is 1. The Morgan fingerprint density at radius 2 is 2.36 bits per heavy atom. The molecule has 1 amide bonds. The Morgan fingerprint density at radius 3 is 2.82 bits per heavy atom. The molecule has 1 unspecified atom stereocenters. The van der Waals surface area contributed by atoms with Crippen molar-refractivity contribution < 1.29 is 4.79 Å². The van der Waals surface area contributed by atoms with Crippen LogP contribution in [0.25, 0.3) is 0 Å². The first-order valence-electron chi connectivity index (χ1n) is 2.94. The zero-order valence-electron chi connectivity index (χ0n) is 5.77. The van der Waals surface area contributed by atoms with Crippen molar-refractivity contribution in [3.63, 3.8) is 0 Å². The highest BCUT2D eigenvalue weighted by Gasteiger charge is 2.19. The Hall–Kier alpha value is -1.56.